The van der Waals surface area contributed by atoms with E-state index in [1.165, 1.54) is 16.8 Å². The summed E-state index contributed by atoms with van der Waals surface area (Å²) in [6, 6.07) is 16.2. The number of anilines is 1. The smallest absolute Gasteiger partial charge is 0.119 e. The molecule has 6 rings (SSSR count). The molecular formula is C28H28ClN5O. The van der Waals surface area contributed by atoms with Crippen LogP contribution in [0.3, 0.4) is 0 Å². The molecule has 0 saturated heterocycles. The summed E-state index contributed by atoms with van der Waals surface area (Å²) in [5.41, 5.74) is 4.61. The van der Waals surface area contributed by atoms with E-state index in [2.05, 4.69) is 37.2 Å². The number of halogens is 1. The molecule has 7 heteroatoms. The van der Waals surface area contributed by atoms with Gasteiger partial charge in [0.2, 0.25) is 0 Å². The second kappa shape index (κ2) is 9.70. The van der Waals surface area contributed by atoms with Crippen molar-refractivity contribution in [3.63, 3.8) is 0 Å². The number of H-pyrrole nitrogens is 1. The van der Waals surface area contributed by atoms with Crippen LogP contribution in [0, 0.1) is 5.92 Å². The minimum absolute atomic E-state index is 0.241. The number of nitrogens with zero attached hydrogens (tertiary/aromatic N) is 4. The Morgan fingerprint density at radius 3 is 2.66 bits per heavy atom. The topological polar surface area (TPSA) is 65.9 Å². The Morgan fingerprint density at radius 1 is 1.03 bits per heavy atom. The van der Waals surface area contributed by atoms with Crippen molar-refractivity contribution in [1.29, 1.82) is 0 Å². The third-order valence-corrected chi connectivity index (χ3v) is 7.50. The molecule has 1 saturated carbocycles. The van der Waals surface area contributed by atoms with Gasteiger partial charge in [0, 0.05) is 23.3 Å². The summed E-state index contributed by atoms with van der Waals surface area (Å²) in [5, 5.41) is 11.5. The molecule has 2 aliphatic heterocycles. The number of aromatic nitrogens is 2. The van der Waals surface area contributed by atoms with Gasteiger partial charge in [-0.15, -0.1) is 0 Å². The predicted molar refractivity (Wildman–Crippen MR) is 139 cm³/mol. The summed E-state index contributed by atoms with van der Waals surface area (Å²) in [5.74, 6) is 1.32. The molecule has 0 spiro atoms. The molecular weight excluding hydrogens is 458 g/mol. The molecule has 3 aromatic rings. The highest BCUT2D eigenvalue weighted by Crippen LogP contribution is 2.38. The van der Waals surface area contributed by atoms with Crippen molar-refractivity contribution in [2.75, 3.05) is 11.4 Å². The summed E-state index contributed by atoms with van der Waals surface area (Å²) in [6.45, 7) is 2.00. The van der Waals surface area contributed by atoms with Crippen LogP contribution in [0.2, 0.25) is 0 Å². The minimum Gasteiger partial charge on any atom is -0.490 e. The predicted octanol–water partition coefficient (Wildman–Crippen LogP) is 5.04. The highest BCUT2D eigenvalue weighted by atomic mass is 35.5. The van der Waals surface area contributed by atoms with E-state index in [0.717, 1.165) is 59.4 Å². The maximum absolute atomic E-state index is 7.02. The number of para-hydroxylation sites is 1. The van der Waals surface area contributed by atoms with Gasteiger partial charge in [0.05, 0.1) is 47.5 Å². The first-order valence-corrected chi connectivity index (χ1v) is 12.7. The van der Waals surface area contributed by atoms with Crippen molar-refractivity contribution < 1.29 is 4.74 Å². The Kier molecular flexibility index (Phi) is 6.13. The van der Waals surface area contributed by atoms with E-state index in [0.29, 0.717) is 19.0 Å². The van der Waals surface area contributed by atoms with Gasteiger partial charge in [-0.3, -0.25) is 4.98 Å². The van der Waals surface area contributed by atoms with Gasteiger partial charge in [-0.1, -0.05) is 35.9 Å². The van der Waals surface area contributed by atoms with Gasteiger partial charge in [-0.25, -0.2) is 0 Å². The average Bonchev–Trinajstić information content (AvgIpc) is 3.21. The lowest BCUT2D eigenvalue weighted by atomic mass is 9.81. The molecule has 0 atom stereocenters. The number of hydrogen-bond donors (Lipinski definition) is 1. The number of nitrogens with one attached hydrogen (secondary N) is 1. The Bertz CT molecular complexity index is 1370. The molecule has 0 radical (unpaired) electrons. The van der Waals surface area contributed by atoms with E-state index < -0.39 is 0 Å². The lowest BCUT2D eigenvalue weighted by Crippen LogP contribution is -2.30. The van der Waals surface area contributed by atoms with Crippen LogP contribution < -0.4 is 20.3 Å². The van der Waals surface area contributed by atoms with Crippen LogP contribution in [0.5, 0.6) is 5.75 Å². The number of allylic oxidation sites excluding steroid dienone is 1. The first-order chi connectivity index (χ1) is 17.3. The molecule has 4 heterocycles. The number of ether oxygens (including phenoxy) is 1. The van der Waals surface area contributed by atoms with E-state index in [9.17, 15) is 0 Å². The Labute approximate surface area is 209 Å². The van der Waals surface area contributed by atoms with Gasteiger partial charge >= 0.3 is 0 Å². The molecule has 3 aliphatic rings. The van der Waals surface area contributed by atoms with Gasteiger partial charge in [0.1, 0.15) is 5.75 Å². The van der Waals surface area contributed by atoms with E-state index in [-0.39, 0.29) is 6.10 Å². The number of benzene rings is 1. The molecule has 2 aromatic heterocycles. The number of pyridine rings is 1. The van der Waals surface area contributed by atoms with Crippen molar-refractivity contribution >= 4 is 29.1 Å². The lowest BCUT2D eigenvalue weighted by molar-refractivity contribution is 0.143. The number of aromatic amines is 1. The fourth-order valence-electron chi connectivity index (χ4n) is 5.47. The number of fused-ring (bicyclic) bond motifs is 3. The fraction of sp³-hybridized carbons (Fsp3) is 0.321. The summed E-state index contributed by atoms with van der Waals surface area (Å²) in [7, 11) is 0. The van der Waals surface area contributed by atoms with Gasteiger partial charge < -0.3 is 14.6 Å². The molecule has 178 valence electrons. The van der Waals surface area contributed by atoms with Crippen molar-refractivity contribution in [3.8, 4) is 5.75 Å². The first-order valence-electron chi connectivity index (χ1n) is 12.3. The zero-order valence-corrected chi connectivity index (χ0v) is 20.3. The van der Waals surface area contributed by atoms with E-state index in [1.54, 1.807) is 0 Å². The van der Waals surface area contributed by atoms with Gasteiger partial charge in [-0.05, 0) is 67.5 Å². The van der Waals surface area contributed by atoms with Gasteiger partial charge in [0.15, 0.2) is 0 Å². The maximum atomic E-state index is 7.02. The molecule has 1 aromatic carbocycles. The Hall–Kier alpha value is -3.38. The van der Waals surface area contributed by atoms with Crippen LogP contribution in [0.25, 0.3) is 11.8 Å². The minimum atomic E-state index is 0.241. The van der Waals surface area contributed by atoms with E-state index >= 15 is 0 Å². The number of rotatable bonds is 5. The van der Waals surface area contributed by atoms with Crippen molar-refractivity contribution in [1.82, 2.24) is 9.97 Å². The Balaban J connectivity index is 1.35. The van der Waals surface area contributed by atoms with E-state index in [1.807, 2.05) is 54.9 Å². The van der Waals surface area contributed by atoms with Gasteiger partial charge in [0.25, 0.3) is 0 Å². The third kappa shape index (κ3) is 4.50. The van der Waals surface area contributed by atoms with Crippen LogP contribution in [0.1, 0.15) is 36.9 Å². The highest BCUT2D eigenvalue weighted by Gasteiger charge is 2.31. The molecule has 0 bridgehead atoms. The molecule has 1 aliphatic carbocycles. The molecule has 1 N–H and O–H groups in total. The zero-order valence-electron chi connectivity index (χ0n) is 19.5. The van der Waals surface area contributed by atoms with Crippen molar-refractivity contribution in [3.05, 3.63) is 87.8 Å². The first kappa shape index (κ1) is 22.1. The largest absolute Gasteiger partial charge is 0.490 e. The standard InChI is InChI=1S/C28H28ClN5O/c29-24-13-15-34(18-20-6-4-5-14-30-20)28-23-16-31-32-17-25(23)33-27(28)26(24)19-9-11-22(12-10-19)35-21-7-2-1-3-8-21/h1-8,13-14,17,19,22,33H,9-12,15-16,18H2. The summed E-state index contributed by atoms with van der Waals surface area (Å²) < 4.78 is 6.25. The van der Waals surface area contributed by atoms with Crippen LogP contribution in [0.4, 0.5) is 5.69 Å². The molecule has 0 unspecified atom stereocenters. The fourth-order valence-corrected chi connectivity index (χ4v) is 5.79. The summed E-state index contributed by atoms with van der Waals surface area (Å²) in [6.07, 6.45) is 10.2. The SMILES string of the molecule is ClC1=CCN(Cc2ccccn2)c2c3c([nH]c2=C1C1CCC(Oc2ccccc2)CC1)=CN=NC3. The quantitative estimate of drug-likeness (QED) is 0.550. The normalized spacial score (nSPS) is 21.5. The Morgan fingerprint density at radius 2 is 1.86 bits per heavy atom. The molecule has 6 nitrogen and oxygen atoms in total. The van der Waals surface area contributed by atoms with Crippen LogP contribution in [-0.2, 0) is 13.1 Å². The lowest BCUT2D eigenvalue weighted by Gasteiger charge is -2.30. The second-order valence-corrected chi connectivity index (χ2v) is 9.76. The summed E-state index contributed by atoms with van der Waals surface area (Å²) in [4.78, 5) is 10.6. The zero-order chi connectivity index (χ0) is 23.6. The monoisotopic (exact) mass is 485 g/mol. The van der Waals surface area contributed by atoms with Crippen LogP contribution in [-0.4, -0.2) is 22.6 Å². The van der Waals surface area contributed by atoms with E-state index in [4.69, 9.17) is 16.3 Å². The van der Waals surface area contributed by atoms with Crippen LogP contribution in [0.15, 0.2) is 76.1 Å². The highest BCUT2D eigenvalue weighted by molar-refractivity contribution is 6.36. The molecule has 0 amide bonds. The molecule has 35 heavy (non-hydrogen) atoms. The molecule has 1 fully saturated rings. The third-order valence-electron chi connectivity index (χ3n) is 7.15. The number of hydrogen-bond acceptors (Lipinski definition) is 5. The second-order valence-electron chi connectivity index (χ2n) is 9.36. The maximum Gasteiger partial charge on any atom is 0.119 e. The van der Waals surface area contributed by atoms with Gasteiger partial charge in [-0.2, -0.15) is 10.2 Å². The van der Waals surface area contributed by atoms with Crippen LogP contribution >= 0.6 is 11.6 Å². The van der Waals surface area contributed by atoms with Crippen molar-refractivity contribution in [2.24, 2.45) is 16.1 Å². The van der Waals surface area contributed by atoms with Crippen molar-refractivity contribution in [2.45, 2.75) is 44.9 Å². The summed E-state index contributed by atoms with van der Waals surface area (Å²) >= 11 is 7.02. The number of azo groups is 1. The average molecular weight is 486 g/mol.